The first kappa shape index (κ1) is 31.6. The van der Waals surface area contributed by atoms with Gasteiger partial charge in [-0.2, -0.15) is 26.3 Å². The zero-order valence-corrected chi connectivity index (χ0v) is 24.8. The molecular formula is C33H32F6N2O2. The maximum Gasteiger partial charge on any atom is 0.420 e. The summed E-state index contributed by atoms with van der Waals surface area (Å²) >= 11 is 0. The number of nitrogens with two attached hydrogens (primary N) is 1. The van der Waals surface area contributed by atoms with Crippen molar-refractivity contribution in [3.8, 4) is 34.1 Å². The highest BCUT2D eigenvalue weighted by atomic mass is 19.4. The minimum atomic E-state index is -4.66. The van der Waals surface area contributed by atoms with Gasteiger partial charge in [0.2, 0.25) is 0 Å². The Morgan fingerprint density at radius 2 is 1.00 bits per heavy atom. The van der Waals surface area contributed by atoms with Crippen LogP contribution in [0.1, 0.15) is 44.5 Å². The summed E-state index contributed by atoms with van der Waals surface area (Å²) in [6.07, 6.45) is -9.28. The van der Waals surface area contributed by atoms with E-state index in [2.05, 4.69) is 5.32 Å². The predicted octanol–water partition coefficient (Wildman–Crippen LogP) is 10.5. The number of hydrogen-bond donors (Lipinski definition) is 2. The van der Waals surface area contributed by atoms with E-state index in [0.29, 0.717) is 39.4 Å². The second-order valence-electron chi connectivity index (χ2n) is 10.6. The molecule has 0 radical (unpaired) electrons. The van der Waals surface area contributed by atoms with Crippen LogP contribution in [0.5, 0.6) is 23.0 Å². The van der Waals surface area contributed by atoms with Crippen LogP contribution >= 0.6 is 0 Å². The summed E-state index contributed by atoms with van der Waals surface area (Å²) in [5, 5.41) is 2.71. The molecule has 0 amide bonds. The van der Waals surface area contributed by atoms with E-state index in [-0.39, 0.29) is 17.2 Å². The maximum atomic E-state index is 13.8. The van der Waals surface area contributed by atoms with E-state index in [0.717, 1.165) is 34.4 Å². The third-order valence-corrected chi connectivity index (χ3v) is 7.65. The molecule has 228 valence electrons. The SMILES string of the molecule is CNc1ccc(Oc2c(C)cc(-c3cc(C)c(Oc4ccc(N)cc4C(F)(F)F)c(C)c3C)c(C)c2C)c(C(F)(F)F)c1. The summed E-state index contributed by atoms with van der Waals surface area (Å²) in [5.74, 6) is -0.0502. The smallest absolute Gasteiger partial charge is 0.420 e. The van der Waals surface area contributed by atoms with Crippen molar-refractivity contribution < 1.29 is 35.8 Å². The van der Waals surface area contributed by atoms with E-state index in [4.69, 9.17) is 15.2 Å². The monoisotopic (exact) mass is 602 g/mol. The Hall–Kier alpha value is -4.34. The van der Waals surface area contributed by atoms with Crippen molar-refractivity contribution in [3.63, 3.8) is 0 Å². The number of alkyl halides is 6. The van der Waals surface area contributed by atoms with Crippen LogP contribution in [0, 0.1) is 41.5 Å². The van der Waals surface area contributed by atoms with Crippen LogP contribution in [-0.4, -0.2) is 7.05 Å². The average Bonchev–Trinajstić information content (AvgIpc) is 2.92. The quantitative estimate of drug-likeness (QED) is 0.170. The lowest BCUT2D eigenvalue weighted by Gasteiger charge is -2.23. The number of ether oxygens (including phenoxy) is 2. The minimum Gasteiger partial charge on any atom is -0.456 e. The largest absolute Gasteiger partial charge is 0.456 e. The molecule has 0 aliphatic rings. The molecule has 0 aromatic heterocycles. The number of nitrogens with one attached hydrogen (secondary N) is 1. The summed E-state index contributed by atoms with van der Waals surface area (Å²) in [5.41, 5.74) is 9.75. The van der Waals surface area contributed by atoms with Gasteiger partial charge in [-0.3, -0.25) is 0 Å². The lowest BCUT2D eigenvalue weighted by atomic mass is 9.88. The molecule has 0 aliphatic heterocycles. The van der Waals surface area contributed by atoms with Gasteiger partial charge >= 0.3 is 12.4 Å². The van der Waals surface area contributed by atoms with Gasteiger partial charge in [0.05, 0.1) is 0 Å². The molecular weight excluding hydrogens is 570 g/mol. The molecule has 4 rings (SSSR count). The first-order valence-corrected chi connectivity index (χ1v) is 13.4. The zero-order valence-electron chi connectivity index (χ0n) is 24.8. The van der Waals surface area contributed by atoms with Crippen LogP contribution in [0.3, 0.4) is 0 Å². The highest BCUT2D eigenvalue weighted by Gasteiger charge is 2.36. The van der Waals surface area contributed by atoms with Crippen molar-refractivity contribution in [2.24, 2.45) is 0 Å². The fourth-order valence-electron chi connectivity index (χ4n) is 5.06. The second kappa shape index (κ2) is 11.4. The molecule has 0 aliphatic carbocycles. The summed E-state index contributed by atoms with van der Waals surface area (Å²) in [4.78, 5) is 0. The van der Waals surface area contributed by atoms with Gasteiger partial charge in [-0.05, 0) is 135 Å². The molecule has 0 unspecified atom stereocenters. The van der Waals surface area contributed by atoms with Gasteiger partial charge in [-0.25, -0.2) is 0 Å². The van der Waals surface area contributed by atoms with Gasteiger partial charge in [0.15, 0.2) is 0 Å². The molecule has 0 fully saturated rings. The lowest BCUT2D eigenvalue weighted by Crippen LogP contribution is -2.09. The fourth-order valence-corrected chi connectivity index (χ4v) is 5.06. The third-order valence-electron chi connectivity index (χ3n) is 7.65. The molecule has 10 heteroatoms. The van der Waals surface area contributed by atoms with E-state index in [1.807, 2.05) is 26.0 Å². The van der Waals surface area contributed by atoms with Crippen molar-refractivity contribution in [2.75, 3.05) is 18.1 Å². The van der Waals surface area contributed by atoms with E-state index in [1.54, 1.807) is 27.7 Å². The molecule has 0 atom stereocenters. The summed E-state index contributed by atoms with van der Waals surface area (Å²) < 4.78 is 94.4. The van der Waals surface area contributed by atoms with Gasteiger partial charge < -0.3 is 20.5 Å². The van der Waals surface area contributed by atoms with Crippen LogP contribution < -0.4 is 20.5 Å². The normalized spacial score (nSPS) is 11.9. The summed E-state index contributed by atoms with van der Waals surface area (Å²) in [6, 6.07) is 10.9. The Labute approximate surface area is 246 Å². The standard InChI is InChI=1S/C33H32F6N2O2/c1-16-12-24(18(3)20(5)30(16)42-28-10-8-22(40)14-26(28)32(34,35)36)25-13-17(2)31(21(6)19(25)4)43-29-11-9-23(41-7)15-27(29)33(37,38)39/h8-15,41H,40H2,1-7H3. The van der Waals surface area contributed by atoms with Crippen LogP contribution in [-0.2, 0) is 12.4 Å². The molecule has 0 spiro atoms. The van der Waals surface area contributed by atoms with Gasteiger partial charge in [-0.15, -0.1) is 0 Å². The number of benzene rings is 4. The average molecular weight is 603 g/mol. The van der Waals surface area contributed by atoms with Crippen molar-refractivity contribution in [2.45, 2.75) is 53.9 Å². The second-order valence-corrected chi connectivity index (χ2v) is 10.6. The molecule has 4 aromatic carbocycles. The summed E-state index contributed by atoms with van der Waals surface area (Å²) in [7, 11) is 1.54. The zero-order chi connectivity index (χ0) is 32.0. The number of halogens is 6. The van der Waals surface area contributed by atoms with Crippen molar-refractivity contribution in [3.05, 3.63) is 93.0 Å². The Kier molecular flexibility index (Phi) is 8.37. The van der Waals surface area contributed by atoms with E-state index in [9.17, 15) is 26.3 Å². The topological polar surface area (TPSA) is 56.5 Å². The third kappa shape index (κ3) is 6.23. The molecule has 0 bridgehead atoms. The Morgan fingerprint density at radius 1 is 0.581 bits per heavy atom. The highest BCUT2D eigenvalue weighted by Crippen LogP contribution is 2.46. The minimum absolute atomic E-state index is 0.0297. The van der Waals surface area contributed by atoms with Gasteiger partial charge in [-0.1, -0.05) is 0 Å². The van der Waals surface area contributed by atoms with Crippen LogP contribution in [0.25, 0.3) is 11.1 Å². The maximum absolute atomic E-state index is 13.8. The first-order chi connectivity index (χ1) is 19.9. The molecule has 3 N–H and O–H groups in total. The van der Waals surface area contributed by atoms with Crippen LogP contribution in [0.2, 0.25) is 0 Å². The lowest BCUT2D eigenvalue weighted by molar-refractivity contribution is -0.139. The van der Waals surface area contributed by atoms with Gasteiger partial charge in [0.1, 0.15) is 34.1 Å². The van der Waals surface area contributed by atoms with Crippen molar-refractivity contribution in [1.29, 1.82) is 0 Å². The first-order valence-electron chi connectivity index (χ1n) is 13.4. The van der Waals surface area contributed by atoms with E-state index < -0.39 is 23.5 Å². The van der Waals surface area contributed by atoms with Crippen molar-refractivity contribution >= 4 is 11.4 Å². The van der Waals surface area contributed by atoms with Gasteiger partial charge in [0.25, 0.3) is 0 Å². The fraction of sp³-hybridized carbons (Fsp3) is 0.273. The molecule has 4 aromatic rings. The predicted molar refractivity (Wildman–Crippen MR) is 157 cm³/mol. The Balaban J connectivity index is 1.78. The molecule has 0 saturated heterocycles. The highest BCUT2D eigenvalue weighted by molar-refractivity contribution is 5.77. The Morgan fingerprint density at radius 3 is 1.42 bits per heavy atom. The number of rotatable bonds is 6. The molecule has 0 saturated carbocycles. The summed E-state index contributed by atoms with van der Waals surface area (Å²) in [6.45, 7) is 10.7. The van der Waals surface area contributed by atoms with Crippen LogP contribution in [0.15, 0.2) is 48.5 Å². The number of hydrogen-bond acceptors (Lipinski definition) is 4. The molecule has 0 heterocycles. The number of aryl methyl sites for hydroxylation is 2. The molecule has 43 heavy (non-hydrogen) atoms. The Bertz CT molecular complexity index is 1710. The molecule has 4 nitrogen and oxygen atoms in total. The van der Waals surface area contributed by atoms with Gasteiger partial charge in [0, 0.05) is 18.4 Å². The van der Waals surface area contributed by atoms with E-state index in [1.165, 1.54) is 31.3 Å². The van der Waals surface area contributed by atoms with Crippen LogP contribution in [0.4, 0.5) is 37.7 Å². The van der Waals surface area contributed by atoms with Crippen molar-refractivity contribution in [1.82, 2.24) is 0 Å². The van der Waals surface area contributed by atoms with E-state index >= 15 is 0 Å². The number of anilines is 2. The number of nitrogen functional groups attached to an aromatic ring is 1.